The molecule has 0 aliphatic carbocycles. The number of nitrogens with zero attached hydrogens (tertiary/aromatic N) is 2. The van der Waals surface area contributed by atoms with Gasteiger partial charge < -0.3 is 5.32 Å². The zero-order chi connectivity index (χ0) is 9.42. The van der Waals surface area contributed by atoms with Gasteiger partial charge in [-0.1, -0.05) is 0 Å². The van der Waals surface area contributed by atoms with Crippen LogP contribution in [0.15, 0.2) is 6.20 Å². The standard InChI is InChI=1S/C9H7N3O/c1-5-6(3-10)4-11-9-7(5)2-8(13)12-9/h4H,2H2,1H3,(H,11,12,13). The molecule has 64 valence electrons. The van der Waals surface area contributed by atoms with E-state index >= 15 is 0 Å². The lowest BCUT2D eigenvalue weighted by Gasteiger charge is -2.01. The summed E-state index contributed by atoms with van der Waals surface area (Å²) in [6.45, 7) is 1.83. The summed E-state index contributed by atoms with van der Waals surface area (Å²) >= 11 is 0. The van der Waals surface area contributed by atoms with Crippen LogP contribution in [-0.4, -0.2) is 10.9 Å². The van der Waals surface area contributed by atoms with Gasteiger partial charge in [0.25, 0.3) is 0 Å². The Morgan fingerprint density at radius 2 is 2.46 bits per heavy atom. The van der Waals surface area contributed by atoms with Gasteiger partial charge in [0.1, 0.15) is 11.9 Å². The number of fused-ring (bicyclic) bond motifs is 1. The maximum absolute atomic E-state index is 11.0. The number of nitriles is 1. The molecule has 0 bridgehead atoms. The first-order valence-corrected chi connectivity index (χ1v) is 3.91. The Bertz CT molecular complexity index is 431. The topological polar surface area (TPSA) is 65.8 Å². The first-order valence-electron chi connectivity index (χ1n) is 3.91. The Balaban J connectivity index is 2.62. The highest BCUT2D eigenvalue weighted by molar-refractivity contribution is 5.98. The molecule has 4 nitrogen and oxygen atoms in total. The lowest BCUT2D eigenvalue weighted by Crippen LogP contribution is -2.04. The molecule has 1 aromatic rings. The summed E-state index contributed by atoms with van der Waals surface area (Å²) in [5.41, 5.74) is 2.24. The smallest absolute Gasteiger partial charge is 0.230 e. The van der Waals surface area contributed by atoms with Gasteiger partial charge in [-0.25, -0.2) is 4.98 Å². The van der Waals surface area contributed by atoms with E-state index in [4.69, 9.17) is 5.26 Å². The highest BCUT2D eigenvalue weighted by Gasteiger charge is 2.21. The number of rotatable bonds is 0. The molecule has 0 atom stereocenters. The Labute approximate surface area is 75.2 Å². The molecule has 4 heteroatoms. The summed E-state index contributed by atoms with van der Waals surface area (Å²) in [5.74, 6) is 0.544. The molecule has 0 unspecified atom stereocenters. The molecule has 1 aliphatic heterocycles. The van der Waals surface area contributed by atoms with Crippen LogP contribution in [0.4, 0.5) is 5.82 Å². The van der Waals surface area contributed by atoms with Crippen molar-refractivity contribution in [3.63, 3.8) is 0 Å². The second kappa shape index (κ2) is 2.56. The molecule has 0 radical (unpaired) electrons. The zero-order valence-electron chi connectivity index (χ0n) is 7.09. The van der Waals surface area contributed by atoms with Crippen molar-refractivity contribution in [3.05, 3.63) is 22.9 Å². The van der Waals surface area contributed by atoms with Crippen molar-refractivity contribution in [2.24, 2.45) is 0 Å². The van der Waals surface area contributed by atoms with Crippen molar-refractivity contribution in [2.45, 2.75) is 13.3 Å². The van der Waals surface area contributed by atoms with Gasteiger partial charge in [-0.3, -0.25) is 4.79 Å². The number of nitrogens with one attached hydrogen (secondary N) is 1. The number of hydrogen-bond acceptors (Lipinski definition) is 3. The normalized spacial score (nSPS) is 13.4. The van der Waals surface area contributed by atoms with Crippen molar-refractivity contribution in [1.82, 2.24) is 4.98 Å². The number of pyridine rings is 1. The average molecular weight is 173 g/mol. The summed E-state index contributed by atoms with van der Waals surface area (Å²) in [6, 6.07) is 2.04. The summed E-state index contributed by atoms with van der Waals surface area (Å²) in [5, 5.41) is 11.4. The highest BCUT2D eigenvalue weighted by Crippen LogP contribution is 2.25. The minimum absolute atomic E-state index is 0.0549. The van der Waals surface area contributed by atoms with Crippen LogP contribution in [0.25, 0.3) is 0 Å². The third-order valence-electron chi connectivity index (χ3n) is 2.18. The summed E-state index contributed by atoms with van der Waals surface area (Å²) in [6.07, 6.45) is 1.82. The molecule has 0 saturated heterocycles. The van der Waals surface area contributed by atoms with Crippen LogP contribution in [0.3, 0.4) is 0 Å². The number of aromatic nitrogens is 1. The van der Waals surface area contributed by atoms with E-state index in [1.165, 1.54) is 6.20 Å². The predicted octanol–water partition coefficient (Wildman–Crippen LogP) is 0.756. The molecule has 2 rings (SSSR count). The molecular weight excluding hydrogens is 166 g/mol. The number of carbonyl (C=O) groups is 1. The molecular formula is C9H7N3O. The van der Waals surface area contributed by atoms with Crippen molar-refractivity contribution < 1.29 is 4.79 Å². The maximum Gasteiger partial charge on any atom is 0.230 e. The fourth-order valence-electron chi connectivity index (χ4n) is 1.42. The van der Waals surface area contributed by atoms with Crippen LogP contribution in [0.5, 0.6) is 0 Å². The number of carbonyl (C=O) groups excluding carboxylic acids is 1. The predicted molar refractivity (Wildman–Crippen MR) is 46.0 cm³/mol. The van der Waals surface area contributed by atoms with Crippen molar-refractivity contribution in [2.75, 3.05) is 5.32 Å². The van der Waals surface area contributed by atoms with Gasteiger partial charge in [0.05, 0.1) is 12.0 Å². The van der Waals surface area contributed by atoms with Crippen molar-refractivity contribution >= 4 is 11.7 Å². The number of amides is 1. The Kier molecular flexibility index (Phi) is 1.52. The van der Waals surface area contributed by atoms with Gasteiger partial charge in [0, 0.05) is 11.8 Å². The van der Waals surface area contributed by atoms with Crippen LogP contribution in [0.1, 0.15) is 16.7 Å². The van der Waals surface area contributed by atoms with Crippen LogP contribution in [0.2, 0.25) is 0 Å². The fraction of sp³-hybridized carbons (Fsp3) is 0.222. The molecule has 13 heavy (non-hydrogen) atoms. The first kappa shape index (κ1) is 7.74. The Hall–Kier alpha value is -1.89. The summed E-state index contributed by atoms with van der Waals surface area (Å²) < 4.78 is 0. The molecule has 2 heterocycles. The Morgan fingerprint density at radius 1 is 1.69 bits per heavy atom. The highest BCUT2D eigenvalue weighted by atomic mass is 16.1. The maximum atomic E-state index is 11.0. The van der Waals surface area contributed by atoms with Crippen molar-refractivity contribution in [3.8, 4) is 6.07 Å². The van der Waals surface area contributed by atoms with Gasteiger partial charge in [-0.2, -0.15) is 5.26 Å². The van der Waals surface area contributed by atoms with Crippen LogP contribution >= 0.6 is 0 Å². The molecule has 1 N–H and O–H groups in total. The molecule has 0 spiro atoms. The largest absolute Gasteiger partial charge is 0.310 e. The van der Waals surface area contributed by atoms with E-state index in [2.05, 4.69) is 10.3 Å². The quantitative estimate of drug-likeness (QED) is 0.629. The van der Waals surface area contributed by atoms with E-state index in [9.17, 15) is 4.79 Å². The SMILES string of the molecule is Cc1c(C#N)cnc2c1CC(=O)N2. The average Bonchev–Trinajstić information content (AvgIpc) is 2.47. The van der Waals surface area contributed by atoms with E-state index in [1.807, 2.05) is 13.0 Å². The lowest BCUT2D eigenvalue weighted by molar-refractivity contribution is -0.115. The van der Waals surface area contributed by atoms with Gasteiger partial charge >= 0.3 is 0 Å². The minimum atomic E-state index is -0.0549. The third kappa shape index (κ3) is 1.05. The zero-order valence-corrected chi connectivity index (χ0v) is 7.09. The van der Waals surface area contributed by atoms with Gasteiger partial charge in [0.15, 0.2) is 0 Å². The number of hydrogen-bond donors (Lipinski definition) is 1. The van der Waals surface area contributed by atoms with Gasteiger partial charge in [-0.05, 0) is 12.5 Å². The third-order valence-corrected chi connectivity index (χ3v) is 2.18. The first-order chi connectivity index (χ1) is 6.22. The van der Waals surface area contributed by atoms with Crippen LogP contribution in [-0.2, 0) is 11.2 Å². The number of anilines is 1. The van der Waals surface area contributed by atoms with Crippen LogP contribution in [0, 0.1) is 18.3 Å². The van der Waals surface area contributed by atoms with E-state index in [0.717, 1.165) is 11.1 Å². The van der Waals surface area contributed by atoms with E-state index in [1.54, 1.807) is 0 Å². The molecule has 1 aliphatic rings. The summed E-state index contributed by atoms with van der Waals surface area (Å²) in [4.78, 5) is 15.0. The minimum Gasteiger partial charge on any atom is -0.310 e. The second-order valence-electron chi connectivity index (χ2n) is 2.96. The molecule has 0 fully saturated rings. The summed E-state index contributed by atoms with van der Waals surface area (Å²) in [7, 11) is 0. The van der Waals surface area contributed by atoms with E-state index < -0.39 is 0 Å². The fourth-order valence-corrected chi connectivity index (χ4v) is 1.42. The Morgan fingerprint density at radius 3 is 3.15 bits per heavy atom. The molecule has 1 amide bonds. The second-order valence-corrected chi connectivity index (χ2v) is 2.96. The van der Waals surface area contributed by atoms with Gasteiger partial charge in [-0.15, -0.1) is 0 Å². The monoisotopic (exact) mass is 173 g/mol. The molecule has 0 aromatic carbocycles. The van der Waals surface area contributed by atoms with E-state index in [-0.39, 0.29) is 5.91 Å². The molecule has 1 aromatic heterocycles. The molecule has 0 saturated carbocycles. The van der Waals surface area contributed by atoms with E-state index in [0.29, 0.717) is 17.8 Å². The van der Waals surface area contributed by atoms with Crippen molar-refractivity contribution in [1.29, 1.82) is 5.26 Å². The van der Waals surface area contributed by atoms with Crippen LogP contribution < -0.4 is 5.32 Å². The van der Waals surface area contributed by atoms with Gasteiger partial charge in [0.2, 0.25) is 5.91 Å². The lowest BCUT2D eigenvalue weighted by atomic mass is 10.1.